The molecule has 0 spiro atoms. The second-order valence-electron chi connectivity index (χ2n) is 8.14. The largest absolute Gasteiger partial charge is 0.484 e. The summed E-state index contributed by atoms with van der Waals surface area (Å²) in [4.78, 5) is 12.5. The minimum absolute atomic E-state index is 0.00513. The first kappa shape index (κ1) is 27.5. The van der Waals surface area contributed by atoms with Crippen LogP contribution in [0.3, 0.4) is 0 Å². The summed E-state index contributed by atoms with van der Waals surface area (Å²) in [6.07, 6.45) is 0. The van der Waals surface area contributed by atoms with Crippen molar-refractivity contribution in [3.8, 4) is 5.75 Å². The van der Waals surface area contributed by atoms with Crippen LogP contribution >= 0.6 is 11.6 Å². The number of hydrogen-bond donors (Lipinski definition) is 2. The van der Waals surface area contributed by atoms with E-state index in [4.69, 9.17) is 16.3 Å². The van der Waals surface area contributed by atoms with Crippen LogP contribution in [-0.2, 0) is 24.8 Å². The number of ether oxygens (including phenoxy) is 1. The number of benzene rings is 3. The molecule has 0 saturated carbocycles. The zero-order valence-corrected chi connectivity index (χ0v) is 22.5. The van der Waals surface area contributed by atoms with Crippen LogP contribution < -0.4 is 14.8 Å². The van der Waals surface area contributed by atoms with Gasteiger partial charge in [0.25, 0.3) is 15.9 Å². The van der Waals surface area contributed by atoms with Gasteiger partial charge in [0.05, 0.1) is 15.5 Å². The van der Waals surface area contributed by atoms with Crippen molar-refractivity contribution < 1.29 is 26.4 Å². The lowest BCUT2D eigenvalue weighted by Gasteiger charge is -2.14. The van der Waals surface area contributed by atoms with E-state index in [0.29, 0.717) is 22.0 Å². The zero-order valence-electron chi connectivity index (χ0n) is 20.1. The third-order valence-corrected chi connectivity index (χ3v) is 8.81. The number of sulfonamides is 2. The van der Waals surface area contributed by atoms with Crippen molar-refractivity contribution in [2.24, 2.45) is 0 Å². The molecule has 9 nitrogen and oxygen atoms in total. The summed E-state index contributed by atoms with van der Waals surface area (Å²) >= 11 is 6.06. The van der Waals surface area contributed by atoms with Gasteiger partial charge in [0, 0.05) is 24.8 Å². The predicted octanol–water partition coefficient (Wildman–Crippen LogP) is 4.03. The molecule has 0 bridgehead atoms. The highest BCUT2D eigenvalue weighted by Crippen LogP contribution is 2.24. The molecule has 0 unspecified atom stereocenters. The Morgan fingerprint density at radius 2 is 1.50 bits per heavy atom. The minimum Gasteiger partial charge on any atom is -0.484 e. The molecule has 0 aliphatic carbocycles. The summed E-state index contributed by atoms with van der Waals surface area (Å²) in [5.74, 6) is -0.227. The highest BCUT2D eigenvalue weighted by atomic mass is 35.5. The predicted molar refractivity (Wildman–Crippen MR) is 140 cm³/mol. The van der Waals surface area contributed by atoms with Crippen LogP contribution in [-0.4, -0.2) is 47.8 Å². The van der Waals surface area contributed by atoms with Crippen molar-refractivity contribution in [2.45, 2.75) is 23.6 Å². The van der Waals surface area contributed by atoms with E-state index in [1.165, 1.54) is 56.6 Å². The smallest absolute Gasteiger partial charge is 0.262 e. The maximum Gasteiger partial charge on any atom is 0.262 e. The second kappa shape index (κ2) is 10.9. The lowest BCUT2D eigenvalue weighted by molar-refractivity contribution is -0.118. The molecular formula is C24H26ClN3O6S2. The van der Waals surface area contributed by atoms with Crippen molar-refractivity contribution in [3.05, 3.63) is 76.8 Å². The molecule has 0 saturated heterocycles. The molecule has 1 amide bonds. The van der Waals surface area contributed by atoms with Crippen LogP contribution in [0.4, 0.5) is 11.4 Å². The Hall–Kier alpha value is -3.12. The first-order valence-electron chi connectivity index (χ1n) is 10.6. The van der Waals surface area contributed by atoms with Gasteiger partial charge >= 0.3 is 0 Å². The van der Waals surface area contributed by atoms with Crippen LogP contribution in [0.25, 0.3) is 0 Å². The monoisotopic (exact) mass is 551 g/mol. The lowest BCUT2D eigenvalue weighted by atomic mass is 10.2. The number of hydrogen-bond acceptors (Lipinski definition) is 6. The highest BCUT2D eigenvalue weighted by Gasteiger charge is 2.19. The third kappa shape index (κ3) is 6.55. The Bertz CT molecular complexity index is 1490. The van der Waals surface area contributed by atoms with Crippen molar-refractivity contribution in [3.63, 3.8) is 0 Å². The van der Waals surface area contributed by atoms with E-state index in [-0.39, 0.29) is 22.1 Å². The van der Waals surface area contributed by atoms with E-state index in [9.17, 15) is 21.6 Å². The Morgan fingerprint density at radius 3 is 2.11 bits per heavy atom. The normalized spacial score (nSPS) is 11.8. The Balaban J connectivity index is 1.63. The van der Waals surface area contributed by atoms with Gasteiger partial charge in [-0.25, -0.2) is 21.1 Å². The number of carbonyl (C=O) groups is 1. The van der Waals surface area contributed by atoms with Gasteiger partial charge in [-0.2, -0.15) is 0 Å². The molecule has 2 N–H and O–H groups in total. The SMILES string of the molecule is Cc1ccc(NS(=O)(=O)c2ccc(OCC(=O)Nc3cc(S(=O)(=O)N(C)C)ccc3C)cc2)cc1Cl. The molecule has 0 atom stereocenters. The Kier molecular flexibility index (Phi) is 8.29. The van der Waals surface area contributed by atoms with E-state index in [1.54, 1.807) is 25.1 Å². The number of nitrogens with one attached hydrogen (secondary N) is 2. The van der Waals surface area contributed by atoms with Crippen molar-refractivity contribution in [2.75, 3.05) is 30.7 Å². The summed E-state index contributed by atoms with van der Waals surface area (Å²) in [5, 5.41) is 3.08. The van der Waals surface area contributed by atoms with Gasteiger partial charge in [-0.3, -0.25) is 9.52 Å². The first-order valence-corrected chi connectivity index (χ1v) is 13.9. The second-order valence-corrected chi connectivity index (χ2v) is 12.4. The molecule has 3 aromatic rings. The number of anilines is 2. The van der Waals surface area contributed by atoms with Gasteiger partial charge in [-0.1, -0.05) is 23.7 Å². The molecule has 0 aliphatic heterocycles. The topological polar surface area (TPSA) is 122 Å². The van der Waals surface area contributed by atoms with Gasteiger partial charge in [0.15, 0.2) is 6.61 Å². The minimum atomic E-state index is -3.85. The van der Waals surface area contributed by atoms with E-state index in [0.717, 1.165) is 9.87 Å². The average Bonchev–Trinajstić information content (AvgIpc) is 2.81. The van der Waals surface area contributed by atoms with Crippen LogP contribution in [0.15, 0.2) is 70.5 Å². The molecule has 12 heteroatoms. The maximum absolute atomic E-state index is 12.6. The van der Waals surface area contributed by atoms with Gasteiger partial charge in [0.2, 0.25) is 10.0 Å². The zero-order chi connectivity index (χ0) is 26.7. The van der Waals surface area contributed by atoms with Crippen LogP contribution in [0.5, 0.6) is 5.75 Å². The quantitative estimate of drug-likeness (QED) is 0.414. The molecule has 0 radical (unpaired) electrons. The number of aryl methyl sites for hydroxylation is 2. The fourth-order valence-electron chi connectivity index (χ4n) is 3.03. The van der Waals surface area contributed by atoms with E-state index < -0.39 is 26.0 Å². The molecule has 36 heavy (non-hydrogen) atoms. The number of rotatable bonds is 9. The molecule has 0 fully saturated rings. The standard InChI is InChI=1S/C24H26ClN3O6S2/c1-16-5-7-18(13-22(16)25)27-35(30,31)20-11-8-19(9-12-20)34-15-24(29)26-23-14-21(10-6-17(23)2)36(32,33)28(3)4/h5-14,27H,15H2,1-4H3,(H,26,29). The van der Waals surface area contributed by atoms with E-state index in [2.05, 4.69) is 10.0 Å². The number of amides is 1. The van der Waals surface area contributed by atoms with Gasteiger partial charge in [0.1, 0.15) is 5.75 Å². The van der Waals surface area contributed by atoms with Crippen molar-refractivity contribution >= 4 is 48.9 Å². The third-order valence-electron chi connectivity index (χ3n) is 5.19. The van der Waals surface area contributed by atoms with Crippen LogP contribution in [0.1, 0.15) is 11.1 Å². The summed E-state index contributed by atoms with van der Waals surface area (Å²) in [6, 6.07) is 14.9. The lowest BCUT2D eigenvalue weighted by Crippen LogP contribution is -2.23. The van der Waals surface area contributed by atoms with Crippen molar-refractivity contribution in [1.29, 1.82) is 0 Å². The van der Waals surface area contributed by atoms with Gasteiger partial charge in [-0.05, 0) is 73.5 Å². The summed E-state index contributed by atoms with van der Waals surface area (Å²) in [6.45, 7) is 3.18. The van der Waals surface area contributed by atoms with E-state index >= 15 is 0 Å². The molecule has 192 valence electrons. The Labute approximate surface area is 216 Å². The highest BCUT2D eigenvalue weighted by molar-refractivity contribution is 7.92. The summed E-state index contributed by atoms with van der Waals surface area (Å²) < 4.78 is 59.0. The number of carbonyl (C=O) groups excluding carboxylic acids is 1. The van der Waals surface area contributed by atoms with Gasteiger partial charge < -0.3 is 10.1 Å². The first-order chi connectivity index (χ1) is 16.8. The molecule has 3 rings (SSSR count). The fourth-order valence-corrected chi connectivity index (χ4v) is 5.19. The van der Waals surface area contributed by atoms with Crippen LogP contribution in [0.2, 0.25) is 5.02 Å². The molecular weight excluding hydrogens is 526 g/mol. The van der Waals surface area contributed by atoms with Crippen LogP contribution in [0, 0.1) is 13.8 Å². The fraction of sp³-hybridized carbons (Fsp3) is 0.208. The maximum atomic E-state index is 12.6. The Morgan fingerprint density at radius 1 is 0.889 bits per heavy atom. The molecule has 3 aromatic carbocycles. The summed E-state index contributed by atoms with van der Waals surface area (Å²) in [7, 11) is -4.67. The van der Waals surface area contributed by atoms with E-state index in [1.807, 2.05) is 6.92 Å². The number of halogens is 1. The molecule has 0 aliphatic rings. The van der Waals surface area contributed by atoms with Gasteiger partial charge in [-0.15, -0.1) is 0 Å². The van der Waals surface area contributed by atoms with Crippen molar-refractivity contribution in [1.82, 2.24) is 4.31 Å². The average molecular weight is 552 g/mol. The molecule has 0 heterocycles. The molecule has 0 aromatic heterocycles. The summed E-state index contributed by atoms with van der Waals surface area (Å²) in [5.41, 5.74) is 2.18. The number of nitrogens with zero attached hydrogens (tertiary/aromatic N) is 1.